The second-order valence-corrected chi connectivity index (χ2v) is 9.55. The van der Waals surface area contributed by atoms with Gasteiger partial charge in [-0.15, -0.1) is 0 Å². The topological polar surface area (TPSA) is 98.1 Å². The Morgan fingerprint density at radius 1 is 1.24 bits per heavy atom. The Kier molecular flexibility index (Phi) is 4.71. The number of amides is 2. The van der Waals surface area contributed by atoms with Gasteiger partial charge in [-0.1, -0.05) is 31.2 Å². The molecule has 5 heterocycles. The average molecular weight is 463 g/mol. The molecule has 34 heavy (non-hydrogen) atoms. The van der Waals surface area contributed by atoms with Gasteiger partial charge in [0.2, 0.25) is 11.8 Å². The van der Waals surface area contributed by atoms with E-state index in [4.69, 9.17) is 13.9 Å². The van der Waals surface area contributed by atoms with Crippen LogP contribution in [0.1, 0.15) is 30.7 Å². The molecule has 3 saturated heterocycles. The lowest BCUT2D eigenvalue weighted by atomic mass is 9.70. The lowest BCUT2D eigenvalue weighted by Gasteiger charge is -2.43. The zero-order chi connectivity index (χ0) is 23.6. The van der Waals surface area contributed by atoms with Gasteiger partial charge in [-0.05, 0) is 29.8 Å². The third-order valence-corrected chi connectivity index (χ3v) is 7.88. The number of carbonyl (C=O) groups excluding carboxylic acids is 3. The molecular formula is C26H26N2O6. The number of benzene rings is 1. The van der Waals surface area contributed by atoms with Crippen LogP contribution in [0.25, 0.3) is 0 Å². The van der Waals surface area contributed by atoms with Gasteiger partial charge in [-0.25, -0.2) is 0 Å². The first-order chi connectivity index (χ1) is 16.4. The van der Waals surface area contributed by atoms with Crippen molar-refractivity contribution in [3.63, 3.8) is 0 Å². The van der Waals surface area contributed by atoms with Crippen molar-refractivity contribution in [3.05, 3.63) is 66.1 Å². The molecular weight excluding hydrogens is 436 g/mol. The van der Waals surface area contributed by atoms with Crippen molar-refractivity contribution in [1.29, 1.82) is 0 Å². The highest BCUT2D eigenvalue weighted by Crippen LogP contribution is 2.59. The molecule has 0 radical (unpaired) electrons. The van der Waals surface area contributed by atoms with Gasteiger partial charge < -0.3 is 24.1 Å². The molecule has 8 nitrogen and oxygen atoms in total. The number of furan rings is 1. The summed E-state index contributed by atoms with van der Waals surface area (Å²) in [5.41, 5.74) is -0.0553. The second kappa shape index (κ2) is 7.56. The highest BCUT2D eigenvalue weighted by atomic mass is 16.5. The van der Waals surface area contributed by atoms with Gasteiger partial charge in [0.25, 0.3) is 0 Å². The van der Waals surface area contributed by atoms with Gasteiger partial charge in [0.05, 0.1) is 43.4 Å². The molecule has 7 atom stereocenters. The number of piperidine rings is 1. The first kappa shape index (κ1) is 21.2. The van der Waals surface area contributed by atoms with E-state index in [2.05, 4.69) is 5.32 Å². The first-order valence-corrected chi connectivity index (χ1v) is 11.6. The number of hydrogen-bond donors (Lipinski definition) is 1. The van der Waals surface area contributed by atoms with Crippen molar-refractivity contribution < 1.29 is 28.3 Å². The van der Waals surface area contributed by atoms with Gasteiger partial charge in [0.1, 0.15) is 22.9 Å². The van der Waals surface area contributed by atoms with Crippen LogP contribution < -0.4 is 10.1 Å². The van der Waals surface area contributed by atoms with Crippen molar-refractivity contribution in [1.82, 2.24) is 10.2 Å². The average Bonchev–Trinajstić information content (AvgIpc) is 3.62. The molecule has 8 heteroatoms. The summed E-state index contributed by atoms with van der Waals surface area (Å²) in [6.45, 7) is 2.19. The van der Waals surface area contributed by atoms with Gasteiger partial charge in [-0.3, -0.25) is 14.4 Å². The highest BCUT2D eigenvalue weighted by Gasteiger charge is 2.74. The molecule has 0 saturated carbocycles. The van der Waals surface area contributed by atoms with E-state index in [0.717, 1.165) is 11.3 Å². The van der Waals surface area contributed by atoms with E-state index in [1.165, 1.54) is 0 Å². The first-order valence-electron chi connectivity index (χ1n) is 11.6. The molecule has 1 N–H and O–H groups in total. The third kappa shape index (κ3) is 2.84. The number of carbonyl (C=O) groups is 3. The summed E-state index contributed by atoms with van der Waals surface area (Å²) in [5, 5.41) is 2.98. The molecule has 0 unspecified atom stereocenters. The number of nitrogens with one attached hydrogen (secondary N) is 1. The van der Waals surface area contributed by atoms with E-state index in [0.29, 0.717) is 12.3 Å². The van der Waals surface area contributed by atoms with Crippen LogP contribution in [0.4, 0.5) is 0 Å². The maximum atomic E-state index is 13.9. The van der Waals surface area contributed by atoms with Gasteiger partial charge in [0, 0.05) is 18.9 Å². The van der Waals surface area contributed by atoms with E-state index in [1.807, 2.05) is 43.3 Å². The molecule has 3 fully saturated rings. The fourth-order valence-electron chi connectivity index (χ4n) is 6.31. The molecule has 2 aromatic rings. The molecule has 4 aliphatic rings. The van der Waals surface area contributed by atoms with E-state index < -0.39 is 41.5 Å². The lowest BCUT2D eigenvalue weighted by molar-refractivity contribution is -0.148. The number of Topliss-reactive ketones (excluding diaryl/α,β-unsaturated/α-hetero) is 1. The standard InChI is InChI=1S/C26H26N2O6/c1-14-18(29)12-17(19-4-3-11-33-19)28-23(14)26-10-9-20(34-26)21(22(26)25(28)31)24(30)27-13-15-5-7-16(32-2)8-6-15/h3-11,14,17,20-23H,12-13H2,1-2H3,(H,27,30)/t14-,17+,20-,21+,22+,23+,26+/m0/s1. The summed E-state index contributed by atoms with van der Waals surface area (Å²) < 4.78 is 17.2. The number of ketones is 1. The van der Waals surface area contributed by atoms with Crippen molar-refractivity contribution in [2.24, 2.45) is 17.8 Å². The number of fused-ring (bicyclic) bond motifs is 2. The zero-order valence-electron chi connectivity index (χ0n) is 19.0. The molecule has 1 aromatic heterocycles. The van der Waals surface area contributed by atoms with Crippen molar-refractivity contribution >= 4 is 17.6 Å². The number of nitrogens with zero attached hydrogens (tertiary/aromatic N) is 1. The Labute approximate surface area is 196 Å². The molecule has 2 amide bonds. The minimum atomic E-state index is -0.982. The number of rotatable bonds is 5. The Balaban J connectivity index is 1.29. The predicted octanol–water partition coefficient (Wildman–Crippen LogP) is 2.41. The quantitative estimate of drug-likeness (QED) is 0.686. The summed E-state index contributed by atoms with van der Waals surface area (Å²) in [6, 6.07) is 10.0. The summed E-state index contributed by atoms with van der Waals surface area (Å²) in [4.78, 5) is 42.0. The molecule has 4 aliphatic heterocycles. The van der Waals surface area contributed by atoms with Crippen LogP contribution in [0.3, 0.4) is 0 Å². The zero-order valence-corrected chi connectivity index (χ0v) is 19.0. The molecule has 6 rings (SSSR count). The molecule has 2 bridgehead atoms. The third-order valence-electron chi connectivity index (χ3n) is 7.88. The normalized spacial score (nSPS) is 35.4. The fraction of sp³-hybridized carbons (Fsp3) is 0.423. The van der Waals surface area contributed by atoms with Crippen LogP contribution in [0.2, 0.25) is 0 Å². The minimum Gasteiger partial charge on any atom is -0.497 e. The second-order valence-electron chi connectivity index (χ2n) is 9.55. The Morgan fingerprint density at radius 2 is 2.03 bits per heavy atom. The Morgan fingerprint density at radius 3 is 2.74 bits per heavy atom. The molecule has 0 aliphatic carbocycles. The molecule has 176 valence electrons. The SMILES string of the molecule is COc1ccc(CNC(=O)[C@@H]2[C@@H]3C=C[C@@]4(O3)[C@H]2C(=O)N2[C@@H](c3ccco3)CC(=O)[C@H](C)[C@@H]24)cc1. The van der Waals surface area contributed by atoms with E-state index in [-0.39, 0.29) is 24.0 Å². The van der Waals surface area contributed by atoms with E-state index in [1.54, 1.807) is 30.4 Å². The largest absolute Gasteiger partial charge is 0.497 e. The fourth-order valence-corrected chi connectivity index (χ4v) is 6.31. The Hall–Kier alpha value is -3.39. The van der Waals surface area contributed by atoms with Gasteiger partial charge in [0.15, 0.2) is 0 Å². The summed E-state index contributed by atoms with van der Waals surface area (Å²) in [5.74, 6) is -0.709. The summed E-state index contributed by atoms with van der Waals surface area (Å²) in [6.07, 6.45) is 5.04. The van der Waals surface area contributed by atoms with Crippen LogP contribution in [-0.4, -0.2) is 47.4 Å². The minimum absolute atomic E-state index is 0.0679. The number of hydrogen-bond acceptors (Lipinski definition) is 6. The maximum absolute atomic E-state index is 13.9. The molecule has 1 aromatic carbocycles. The summed E-state index contributed by atoms with van der Waals surface area (Å²) >= 11 is 0. The highest BCUT2D eigenvalue weighted by molar-refractivity contribution is 5.96. The van der Waals surface area contributed by atoms with Gasteiger partial charge >= 0.3 is 0 Å². The number of ether oxygens (including phenoxy) is 2. The van der Waals surface area contributed by atoms with Crippen molar-refractivity contribution in [3.8, 4) is 5.75 Å². The maximum Gasteiger partial charge on any atom is 0.230 e. The van der Waals surface area contributed by atoms with Gasteiger partial charge in [-0.2, -0.15) is 0 Å². The summed E-state index contributed by atoms with van der Waals surface area (Å²) in [7, 11) is 1.60. The molecule has 1 spiro atoms. The van der Waals surface area contributed by atoms with Crippen LogP contribution in [0, 0.1) is 17.8 Å². The van der Waals surface area contributed by atoms with Crippen LogP contribution in [0.5, 0.6) is 5.75 Å². The van der Waals surface area contributed by atoms with E-state index >= 15 is 0 Å². The predicted molar refractivity (Wildman–Crippen MR) is 119 cm³/mol. The Bertz CT molecular complexity index is 1170. The van der Waals surface area contributed by atoms with Crippen molar-refractivity contribution in [2.45, 2.75) is 43.7 Å². The van der Waals surface area contributed by atoms with Crippen LogP contribution >= 0.6 is 0 Å². The van der Waals surface area contributed by atoms with Crippen LogP contribution in [0.15, 0.2) is 59.2 Å². The van der Waals surface area contributed by atoms with E-state index in [9.17, 15) is 14.4 Å². The monoisotopic (exact) mass is 462 g/mol. The number of methoxy groups -OCH3 is 1. The lowest BCUT2D eigenvalue weighted by Crippen LogP contribution is -2.55. The smallest absolute Gasteiger partial charge is 0.230 e. The van der Waals surface area contributed by atoms with Crippen molar-refractivity contribution in [2.75, 3.05) is 7.11 Å². The van der Waals surface area contributed by atoms with Crippen LogP contribution in [-0.2, 0) is 25.7 Å².